The van der Waals surface area contributed by atoms with E-state index < -0.39 is 5.97 Å². The zero-order valence-corrected chi connectivity index (χ0v) is 11.5. The van der Waals surface area contributed by atoms with Gasteiger partial charge in [0.1, 0.15) is 5.75 Å². The van der Waals surface area contributed by atoms with Crippen LogP contribution in [-0.2, 0) is 0 Å². The molecule has 3 N–H and O–H groups in total. The van der Waals surface area contributed by atoms with Crippen molar-refractivity contribution in [1.82, 2.24) is 0 Å². The monoisotopic (exact) mass is 263 g/mol. The largest absolute Gasteiger partial charge is 0.490 e. The maximum absolute atomic E-state index is 11.1. The van der Waals surface area contributed by atoms with Crippen LogP contribution in [0.5, 0.6) is 5.75 Å². The molecular formula is C15H21NO3. The van der Waals surface area contributed by atoms with Crippen LogP contribution in [0.15, 0.2) is 12.1 Å². The molecule has 104 valence electrons. The van der Waals surface area contributed by atoms with Crippen molar-refractivity contribution in [2.75, 3.05) is 5.73 Å². The fraction of sp³-hybridized carbons (Fsp3) is 0.533. The summed E-state index contributed by atoms with van der Waals surface area (Å²) in [7, 11) is 0. The van der Waals surface area contributed by atoms with Gasteiger partial charge in [0.15, 0.2) is 0 Å². The van der Waals surface area contributed by atoms with Crippen LogP contribution in [0.3, 0.4) is 0 Å². The van der Waals surface area contributed by atoms with E-state index in [1.807, 2.05) is 6.07 Å². The number of ether oxygens (including phenoxy) is 1. The SMILES string of the molecule is Cc1cc(OC2CCCC(C)C2)cc(C(=O)O)c1N. The lowest BCUT2D eigenvalue weighted by Crippen LogP contribution is -2.24. The molecule has 0 spiro atoms. The maximum atomic E-state index is 11.1. The summed E-state index contributed by atoms with van der Waals surface area (Å²) >= 11 is 0. The summed E-state index contributed by atoms with van der Waals surface area (Å²) in [4.78, 5) is 11.1. The fourth-order valence-electron chi connectivity index (χ4n) is 2.69. The number of benzene rings is 1. The Morgan fingerprint density at radius 2 is 2.16 bits per heavy atom. The lowest BCUT2D eigenvalue weighted by Gasteiger charge is -2.27. The molecular weight excluding hydrogens is 242 g/mol. The molecule has 2 atom stereocenters. The second-order valence-corrected chi connectivity index (χ2v) is 5.52. The highest BCUT2D eigenvalue weighted by Crippen LogP contribution is 2.30. The Hall–Kier alpha value is -1.71. The van der Waals surface area contributed by atoms with E-state index in [2.05, 4.69) is 6.92 Å². The van der Waals surface area contributed by atoms with Gasteiger partial charge in [0.25, 0.3) is 0 Å². The summed E-state index contributed by atoms with van der Waals surface area (Å²) in [6, 6.07) is 3.35. The van der Waals surface area contributed by atoms with E-state index >= 15 is 0 Å². The van der Waals surface area contributed by atoms with Crippen LogP contribution >= 0.6 is 0 Å². The van der Waals surface area contributed by atoms with Crippen LogP contribution < -0.4 is 10.5 Å². The van der Waals surface area contributed by atoms with Gasteiger partial charge in [0.2, 0.25) is 0 Å². The summed E-state index contributed by atoms with van der Waals surface area (Å²) in [5.41, 5.74) is 6.96. The summed E-state index contributed by atoms with van der Waals surface area (Å²) in [5.74, 6) is 0.277. The minimum atomic E-state index is -1.01. The Kier molecular flexibility index (Phi) is 3.98. The summed E-state index contributed by atoms with van der Waals surface area (Å²) in [5, 5.41) is 9.13. The zero-order chi connectivity index (χ0) is 14.0. The first-order chi connectivity index (χ1) is 8.97. The van der Waals surface area contributed by atoms with Gasteiger partial charge in [-0.05, 0) is 49.8 Å². The number of hydrogen-bond donors (Lipinski definition) is 2. The highest BCUT2D eigenvalue weighted by atomic mass is 16.5. The predicted molar refractivity (Wildman–Crippen MR) is 74.6 cm³/mol. The van der Waals surface area contributed by atoms with Crippen molar-refractivity contribution >= 4 is 11.7 Å². The molecule has 1 aromatic rings. The molecule has 19 heavy (non-hydrogen) atoms. The number of carboxylic acids is 1. The van der Waals surface area contributed by atoms with E-state index in [0.29, 0.717) is 17.4 Å². The molecule has 1 saturated carbocycles. The quantitative estimate of drug-likeness (QED) is 0.821. The average Bonchev–Trinajstić information content (AvgIpc) is 2.33. The van der Waals surface area contributed by atoms with Gasteiger partial charge in [0, 0.05) is 5.69 Å². The Bertz CT molecular complexity index is 485. The van der Waals surface area contributed by atoms with Crippen molar-refractivity contribution in [3.63, 3.8) is 0 Å². The van der Waals surface area contributed by atoms with Gasteiger partial charge in [-0.2, -0.15) is 0 Å². The number of anilines is 1. The molecule has 1 aromatic carbocycles. The maximum Gasteiger partial charge on any atom is 0.337 e. The molecule has 0 heterocycles. The van der Waals surface area contributed by atoms with E-state index in [1.165, 1.54) is 18.9 Å². The van der Waals surface area contributed by atoms with Crippen molar-refractivity contribution < 1.29 is 14.6 Å². The van der Waals surface area contributed by atoms with Crippen molar-refractivity contribution in [3.05, 3.63) is 23.3 Å². The van der Waals surface area contributed by atoms with Crippen molar-refractivity contribution in [1.29, 1.82) is 0 Å². The number of rotatable bonds is 3. The number of hydrogen-bond acceptors (Lipinski definition) is 3. The van der Waals surface area contributed by atoms with Gasteiger partial charge < -0.3 is 15.6 Å². The number of carboxylic acid groups (broad SMARTS) is 1. The van der Waals surface area contributed by atoms with E-state index in [0.717, 1.165) is 18.4 Å². The van der Waals surface area contributed by atoms with Crippen LogP contribution in [-0.4, -0.2) is 17.2 Å². The Morgan fingerprint density at radius 3 is 2.79 bits per heavy atom. The van der Waals surface area contributed by atoms with E-state index in [4.69, 9.17) is 15.6 Å². The van der Waals surface area contributed by atoms with Gasteiger partial charge in [-0.1, -0.05) is 13.3 Å². The standard InChI is InChI=1S/C15H21NO3/c1-9-4-3-5-11(6-9)19-12-7-10(2)14(16)13(8-12)15(17)18/h7-9,11H,3-6,16H2,1-2H3,(H,17,18). The van der Waals surface area contributed by atoms with Crippen molar-refractivity contribution in [2.45, 2.75) is 45.6 Å². The number of carbonyl (C=O) groups is 1. The van der Waals surface area contributed by atoms with Gasteiger partial charge in [0.05, 0.1) is 11.7 Å². The lowest BCUT2D eigenvalue weighted by atomic mass is 9.88. The molecule has 0 saturated heterocycles. The second kappa shape index (κ2) is 5.51. The first-order valence-corrected chi connectivity index (χ1v) is 6.77. The smallest absolute Gasteiger partial charge is 0.337 e. The molecule has 2 unspecified atom stereocenters. The molecule has 2 rings (SSSR count). The third-order valence-electron chi connectivity index (χ3n) is 3.78. The Morgan fingerprint density at radius 1 is 1.42 bits per heavy atom. The molecule has 0 aliphatic heterocycles. The highest BCUT2D eigenvalue weighted by molar-refractivity contribution is 5.95. The normalized spacial score (nSPS) is 23.1. The first-order valence-electron chi connectivity index (χ1n) is 6.77. The van der Waals surface area contributed by atoms with E-state index in [1.54, 1.807) is 6.92 Å². The molecule has 4 heteroatoms. The van der Waals surface area contributed by atoms with Crippen LogP contribution in [0, 0.1) is 12.8 Å². The van der Waals surface area contributed by atoms with Gasteiger partial charge in [-0.15, -0.1) is 0 Å². The molecule has 0 amide bonds. The number of nitrogens with two attached hydrogens (primary N) is 1. The van der Waals surface area contributed by atoms with Gasteiger partial charge in [-0.3, -0.25) is 0 Å². The summed E-state index contributed by atoms with van der Waals surface area (Å²) in [6.07, 6.45) is 4.68. The highest BCUT2D eigenvalue weighted by Gasteiger charge is 2.21. The molecule has 1 fully saturated rings. The predicted octanol–water partition coefficient (Wildman–Crippen LogP) is 3.23. The fourth-order valence-corrected chi connectivity index (χ4v) is 2.69. The third-order valence-corrected chi connectivity index (χ3v) is 3.78. The lowest BCUT2D eigenvalue weighted by molar-refractivity contribution is 0.0696. The van der Waals surface area contributed by atoms with Crippen LogP contribution in [0.1, 0.15) is 48.5 Å². The van der Waals surface area contributed by atoms with Gasteiger partial charge in [-0.25, -0.2) is 4.79 Å². The topological polar surface area (TPSA) is 72.5 Å². The number of aromatic carboxylic acids is 1. The minimum Gasteiger partial charge on any atom is -0.490 e. The molecule has 4 nitrogen and oxygen atoms in total. The number of nitrogen functional groups attached to an aromatic ring is 1. The molecule has 1 aliphatic rings. The Labute approximate surface area is 113 Å². The molecule has 0 radical (unpaired) electrons. The van der Waals surface area contributed by atoms with Crippen LogP contribution in [0.25, 0.3) is 0 Å². The minimum absolute atomic E-state index is 0.124. The van der Waals surface area contributed by atoms with E-state index in [9.17, 15) is 4.79 Å². The summed E-state index contributed by atoms with van der Waals surface area (Å²) in [6.45, 7) is 4.03. The molecule has 0 bridgehead atoms. The van der Waals surface area contributed by atoms with Crippen LogP contribution in [0.2, 0.25) is 0 Å². The van der Waals surface area contributed by atoms with Crippen molar-refractivity contribution in [2.24, 2.45) is 5.92 Å². The average molecular weight is 263 g/mol. The Balaban J connectivity index is 2.18. The summed E-state index contributed by atoms with van der Waals surface area (Å²) < 4.78 is 5.93. The van der Waals surface area contributed by atoms with Gasteiger partial charge >= 0.3 is 5.97 Å². The van der Waals surface area contributed by atoms with Crippen LogP contribution in [0.4, 0.5) is 5.69 Å². The molecule has 0 aromatic heterocycles. The van der Waals surface area contributed by atoms with E-state index in [-0.39, 0.29) is 11.7 Å². The first kappa shape index (κ1) is 13.7. The third kappa shape index (κ3) is 3.19. The number of aryl methyl sites for hydroxylation is 1. The zero-order valence-electron chi connectivity index (χ0n) is 11.5. The van der Waals surface area contributed by atoms with Crippen molar-refractivity contribution in [3.8, 4) is 5.75 Å². The molecule has 1 aliphatic carbocycles. The second-order valence-electron chi connectivity index (χ2n) is 5.52.